The summed E-state index contributed by atoms with van der Waals surface area (Å²) in [6, 6.07) is 5.61. The lowest BCUT2D eigenvalue weighted by atomic mass is 10.2. The monoisotopic (exact) mass is 424 g/mol. The number of benzene rings is 1. The van der Waals surface area contributed by atoms with Gasteiger partial charge in [0.25, 0.3) is 0 Å². The highest BCUT2D eigenvalue weighted by atomic mass is 79.9. The summed E-state index contributed by atoms with van der Waals surface area (Å²) in [4.78, 5) is 19.5. The molecule has 0 aliphatic heterocycles. The van der Waals surface area contributed by atoms with Gasteiger partial charge in [-0.05, 0) is 28.1 Å². The maximum Gasteiger partial charge on any atom is 0.302 e. The number of nitrogens with one attached hydrogen (secondary N) is 2. The van der Waals surface area contributed by atoms with Crippen LogP contribution in [0.4, 0.5) is 11.6 Å². The summed E-state index contributed by atoms with van der Waals surface area (Å²) in [5.41, 5.74) is 0.945. The average Bonchev–Trinajstić information content (AvgIpc) is 2.64. The van der Waals surface area contributed by atoms with Gasteiger partial charge in [0, 0.05) is 25.1 Å². The second-order valence-electron chi connectivity index (χ2n) is 5.19. The Bertz CT molecular complexity index is 758. The van der Waals surface area contributed by atoms with Crippen molar-refractivity contribution in [1.82, 2.24) is 9.97 Å². The van der Waals surface area contributed by atoms with Crippen LogP contribution in [-0.2, 0) is 16.1 Å². The zero-order valence-corrected chi connectivity index (χ0v) is 16.4. The van der Waals surface area contributed by atoms with Crippen molar-refractivity contribution < 1.29 is 19.0 Å². The van der Waals surface area contributed by atoms with Gasteiger partial charge in [0.1, 0.15) is 22.7 Å². The Labute approximate surface area is 160 Å². The highest BCUT2D eigenvalue weighted by molar-refractivity contribution is 9.10. The molecule has 0 saturated heterocycles. The van der Waals surface area contributed by atoms with E-state index < -0.39 is 0 Å². The smallest absolute Gasteiger partial charge is 0.302 e. The van der Waals surface area contributed by atoms with Crippen LogP contribution in [0.5, 0.6) is 11.5 Å². The Morgan fingerprint density at radius 2 is 2.00 bits per heavy atom. The molecule has 0 radical (unpaired) electrons. The fraction of sp³-hybridized carbons (Fsp3) is 0.353. The summed E-state index contributed by atoms with van der Waals surface area (Å²) in [5, 5.41) is 6.33. The van der Waals surface area contributed by atoms with Crippen LogP contribution in [-0.4, -0.2) is 43.3 Å². The van der Waals surface area contributed by atoms with E-state index in [-0.39, 0.29) is 12.6 Å². The van der Waals surface area contributed by atoms with E-state index in [1.165, 1.54) is 6.92 Å². The molecule has 2 aromatic rings. The van der Waals surface area contributed by atoms with Gasteiger partial charge in [0.05, 0.1) is 27.0 Å². The number of nitrogens with zero attached hydrogens (tertiary/aromatic N) is 2. The standard InChI is InChI=1S/C17H21BrN4O4/c1-11(23)26-7-6-19-16-17(22-15(18)10-21-16)20-9-12-4-5-13(24-2)8-14(12)25-3/h4-5,8,10H,6-7,9H2,1-3H3,(H,19,21)(H,20,22). The van der Waals surface area contributed by atoms with E-state index in [1.54, 1.807) is 20.4 Å². The second-order valence-corrected chi connectivity index (χ2v) is 6.00. The number of carbonyl (C=O) groups is 1. The van der Waals surface area contributed by atoms with Crippen molar-refractivity contribution in [3.05, 3.63) is 34.6 Å². The van der Waals surface area contributed by atoms with Crippen molar-refractivity contribution in [1.29, 1.82) is 0 Å². The van der Waals surface area contributed by atoms with E-state index in [1.807, 2.05) is 18.2 Å². The van der Waals surface area contributed by atoms with Crippen LogP contribution in [0, 0.1) is 0 Å². The fourth-order valence-corrected chi connectivity index (χ4v) is 2.44. The topological polar surface area (TPSA) is 94.6 Å². The zero-order valence-electron chi connectivity index (χ0n) is 14.8. The minimum Gasteiger partial charge on any atom is -0.497 e. The Hall–Kier alpha value is -2.55. The molecule has 9 heteroatoms. The van der Waals surface area contributed by atoms with Crippen LogP contribution in [0.2, 0.25) is 0 Å². The molecule has 0 saturated carbocycles. The second kappa shape index (κ2) is 9.81. The molecular formula is C17H21BrN4O4. The van der Waals surface area contributed by atoms with E-state index in [0.29, 0.717) is 35.1 Å². The summed E-state index contributed by atoms with van der Waals surface area (Å²) in [6.07, 6.45) is 1.59. The lowest BCUT2D eigenvalue weighted by Gasteiger charge is -2.14. The van der Waals surface area contributed by atoms with Gasteiger partial charge in [-0.25, -0.2) is 9.97 Å². The first-order chi connectivity index (χ1) is 12.5. The summed E-state index contributed by atoms with van der Waals surface area (Å²) < 4.78 is 16.1. The van der Waals surface area contributed by atoms with E-state index in [9.17, 15) is 4.79 Å². The number of anilines is 2. The van der Waals surface area contributed by atoms with Gasteiger partial charge in [-0.3, -0.25) is 4.79 Å². The molecule has 0 atom stereocenters. The number of hydrogen-bond acceptors (Lipinski definition) is 8. The van der Waals surface area contributed by atoms with Gasteiger partial charge in [-0.15, -0.1) is 0 Å². The van der Waals surface area contributed by atoms with Crippen LogP contribution < -0.4 is 20.1 Å². The first-order valence-corrected chi connectivity index (χ1v) is 8.67. The van der Waals surface area contributed by atoms with Gasteiger partial charge in [0.15, 0.2) is 11.6 Å². The molecule has 0 bridgehead atoms. The first-order valence-electron chi connectivity index (χ1n) is 7.88. The first kappa shape index (κ1) is 19.8. The van der Waals surface area contributed by atoms with Crippen molar-refractivity contribution in [2.75, 3.05) is 38.0 Å². The van der Waals surface area contributed by atoms with E-state index in [2.05, 4.69) is 36.5 Å². The summed E-state index contributed by atoms with van der Waals surface area (Å²) in [5.74, 6) is 2.25. The van der Waals surface area contributed by atoms with Crippen LogP contribution in [0.1, 0.15) is 12.5 Å². The highest BCUT2D eigenvalue weighted by Gasteiger charge is 2.10. The van der Waals surface area contributed by atoms with Gasteiger partial charge >= 0.3 is 5.97 Å². The SMILES string of the molecule is COc1ccc(CNc2nc(Br)cnc2NCCOC(C)=O)c(OC)c1. The largest absolute Gasteiger partial charge is 0.497 e. The predicted molar refractivity (Wildman–Crippen MR) is 102 cm³/mol. The van der Waals surface area contributed by atoms with Crippen molar-refractivity contribution in [3.8, 4) is 11.5 Å². The van der Waals surface area contributed by atoms with Crippen molar-refractivity contribution in [3.63, 3.8) is 0 Å². The number of ether oxygens (including phenoxy) is 3. The number of esters is 1. The Morgan fingerprint density at radius 3 is 2.69 bits per heavy atom. The van der Waals surface area contributed by atoms with Gasteiger partial charge in [0.2, 0.25) is 0 Å². The summed E-state index contributed by atoms with van der Waals surface area (Å²) in [6.45, 7) is 2.53. The molecule has 140 valence electrons. The lowest BCUT2D eigenvalue weighted by Crippen LogP contribution is -2.15. The number of methoxy groups -OCH3 is 2. The molecule has 0 aliphatic rings. The van der Waals surface area contributed by atoms with Gasteiger partial charge in [-0.1, -0.05) is 0 Å². The van der Waals surface area contributed by atoms with E-state index in [4.69, 9.17) is 14.2 Å². The molecule has 0 fully saturated rings. The van der Waals surface area contributed by atoms with Crippen molar-refractivity contribution in [2.45, 2.75) is 13.5 Å². The fourth-order valence-electron chi connectivity index (χ4n) is 2.16. The van der Waals surface area contributed by atoms with Gasteiger partial charge < -0.3 is 24.8 Å². The Balaban J connectivity index is 2.06. The van der Waals surface area contributed by atoms with Gasteiger partial charge in [-0.2, -0.15) is 0 Å². The Kier molecular flexibility index (Phi) is 7.46. The molecule has 1 aromatic carbocycles. The molecular weight excluding hydrogens is 404 g/mol. The molecule has 2 rings (SSSR count). The zero-order chi connectivity index (χ0) is 18.9. The molecule has 0 spiro atoms. The van der Waals surface area contributed by atoms with Crippen LogP contribution in [0.15, 0.2) is 29.0 Å². The third kappa shape index (κ3) is 5.76. The minimum atomic E-state index is -0.321. The number of carbonyl (C=O) groups excluding carboxylic acids is 1. The molecule has 26 heavy (non-hydrogen) atoms. The third-order valence-corrected chi connectivity index (χ3v) is 3.77. The molecule has 1 heterocycles. The maximum absolute atomic E-state index is 10.8. The molecule has 0 aliphatic carbocycles. The van der Waals surface area contributed by atoms with Crippen molar-refractivity contribution >= 4 is 33.5 Å². The molecule has 8 nitrogen and oxygen atoms in total. The lowest BCUT2D eigenvalue weighted by molar-refractivity contribution is -0.140. The minimum absolute atomic E-state index is 0.249. The number of halogens is 1. The summed E-state index contributed by atoms with van der Waals surface area (Å²) >= 11 is 3.32. The normalized spacial score (nSPS) is 10.2. The number of aromatic nitrogens is 2. The Morgan fingerprint density at radius 1 is 1.19 bits per heavy atom. The molecule has 2 N–H and O–H groups in total. The van der Waals surface area contributed by atoms with E-state index in [0.717, 1.165) is 11.3 Å². The van der Waals surface area contributed by atoms with E-state index >= 15 is 0 Å². The quantitative estimate of drug-likeness (QED) is 0.468. The van der Waals surface area contributed by atoms with Crippen LogP contribution in [0.3, 0.4) is 0 Å². The number of hydrogen-bond donors (Lipinski definition) is 2. The maximum atomic E-state index is 10.8. The van der Waals surface area contributed by atoms with Crippen LogP contribution in [0.25, 0.3) is 0 Å². The molecule has 0 amide bonds. The van der Waals surface area contributed by atoms with Crippen LogP contribution >= 0.6 is 15.9 Å². The highest BCUT2D eigenvalue weighted by Crippen LogP contribution is 2.26. The molecule has 1 aromatic heterocycles. The molecule has 0 unspecified atom stereocenters. The average molecular weight is 425 g/mol. The van der Waals surface area contributed by atoms with Crippen molar-refractivity contribution in [2.24, 2.45) is 0 Å². The predicted octanol–water partition coefficient (Wildman–Crippen LogP) is 2.84. The third-order valence-electron chi connectivity index (χ3n) is 3.38. The number of rotatable bonds is 9. The summed E-state index contributed by atoms with van der Waals surface area (Å²) in [7, 11) is 3.22.